The molecular formula is C15H15BrN2O2. The molecule has 0 unspecified atom stereocenters. The molecule has 0 fully saturated rings. The molecule has 0 spiro atoms. The Kier molecular flexibility index (Phi) is 4.74. The Balaban J connectivity index is 2.22. The van der Waals surface area contributed by atoms with Crippen molar-refractivity contribution in [2.24, 2.45) is 0 Å². The molecule has 4 nitrogen and oxygen atoms in total. The summed E-state index contributed by atoms with van der Waals surface area (Å²) in [6.07, 6.45) is 5.09. The van der Waals surface area contributed by atoms with Gasteiger partial charge in [0, 0.05) is 12.7 Å². The van der Waals surface area contributed by atoms with Crippen LogP contribution in [-0.2, 0) is 6.54 Å². The molecule has 2 aromatic rings. The van der Waals surface area contributed by atoms with E-state index in [-0.39, 0.29) is 5.78 Å². The Morgan fingerprint density at radius 1 is 1.45 bits per heavy atom. The first-order valence-electron chi connectivity index (χ1n) is 6.24. The van der Waals surface area contributed by atoms with Gasteiger partial charge in [-0.2, -0.15) is 5.10 Å². The topological polar surface area (TPSA) is 44.1 Å². The van der Waals surface area contributed by atoms with Gasteiger partial charge in [-0.15, -0.1) is 0 Å². The second-order valence-electron chi connectivity index (χ2n) is 4.12. The van der Waals surface area contributed by atoms with Gasteiger partial charge < -0.3 is 4.74 Å². The number of hydrogen-bond acceptors (Lipinski definition) is 3. The lowest BCUT2D eigenvalue weighted by atomic mass is 10.1. The van der Waals surface area contributed by atoms with Crippen molar-refractivity contribution in [1.82, 2.24) is 9.78 Å². The molecule has 1 aromatic carbocycles. The highest BCUT2D eigenvalue weighted by Gasteiger charge is 2.09. The van der Waals surface area contributed by atoms with E-state index in [1.54, 1.807) is 30.0 Å². The van der Waals surface area contributed by atoms with Crippen molar-refractivity contribution in [1.29, 1.82) is 0 Å². The maximum atomic E-state index is 12.2. The number of halogens is 1. The van der Waals surface area contributed by atoms with E-state index in [1.165, 1.54) is 6.08 Å². The van der Waals surface area contributed by atoms with Gasteiger partial charge in [0.25, 0.3) is 0 Å². The summed E-state index contributed by atoms with van der Waals surface area (Å²) in [6, 6.07) is 7.15. The summed E-state index contributed by atoms with van der Waals surface area (Å²) in [5.41, 5.74) is 1.27. The molecule has 0 bridgehead atoms. The number of methoxy groups -OCH3 is 1. The molecule has 1 heterocycles. The SMILES string of the molecule is CCn1cc(Br)c(/C=C/C(=O)c2ccccc2OC)n1. The molecule has 2 rings (SSSR count). The van der Waals surface area contributed by atoms with Crippen molar-refractivity contribution in [2.75, 3.05) is 7.11 Å². The van der Waals surface area contributed by atoms with E-state index < -0.39 is 0 Å². The Hall–Kier alpha value is -1.88. The van der Waals surface area contributed by atoms with Crippen molar-refractivity contribution in [3.05, 3.63) is 52.3 Å². The minimum atomic E-state index is -0.111. The van der Waals surface area contributed by atoms with Crippen LogP contribution < -0.4 is 4.74 Å². The number of benzene rings is 1. The standard InChI is InChI=1S/C15H15BrN2O2/c1-3-18-10-12(16)13(17-18)8-9-14(19)11-6-4-5-7-15(11)20-2/h4-10H,3H2,1-2H3/b9-8+. The molecular weight excluding hydrogens is 320 g/mol. The van der Waals surface area contributed by atoms with Gasteiger partial charge in [-0.05, 0) is 47.1 Å². The summed E-state index contributed by atoms with van der Waals surface area (Å²) in [5.74, 6) is 0.459. The first kappa shape index (κ1) is 14.5. The number of aryl methyl sites for hydroxylation is 1. The summed E-state index contributed by atoms with van der Waals surface area (Å²) in [6.45, 7) is 2.79. The number of nitrogens with zero attached hydrogens (tertiary/aromatic N) is 2. The quantitative estimate of drug-likeness (QED) is 0.620. The molecule has 0 radical (unpaired) electrons. The van der Waals surface area contributed by atoms with Crippen LogP contribution in [0.1, 0.15) is 23.0 Å². The molecule has 5 heteroatoms. The van der Waals surface area contributed by atoms with Gasteiger partial charge in [0.15, 0.2) is 5.78 Å². The minimum Gasteiger partial charge on any atom is -0.496 e. The van der Waals surface area contributed by atoms with Gasteiger partial charge in [0.05, 0.1) is 22.8 Å². The average Bonchev–Trinajstić information content (AvgIpc) is 2.85. The third-order valence-corrected chi connectivity index (χ3v) is 3.44. The number of rotatable bonds is 5. The molecule has 0 aliphatic rings. The highest BCUT2D eigenvalue weighted by atomic mass is 79.9. The summed E-state index contributed by atoms with van der Waals surface area (Å²) in [5, 5.41) is 4.34. The lowest BCUT2D eigenvalue weighted by Gasteiger charge is -2.04. The van der Waals surface area contributed by atoms with Crippen LogP contribution in [0.25, 0.3) is 6.08 Å². The molecule has 0 atom stereocenters. The molecule has 0 saturated heterocycles. The zero-order valence-electron chi connectivity index (χ0n) is 11.3. The van der Waals surface area contributed by atoms with Crippen molar-refractivity contribution in [3.63, 3.8) is 0 Å². The van der Waals surface area contributed by atoms with Crippen molar-refractivity contribution < 1.29 is 9.53 Å². The van der Waals surface area contributed by atoms with Crippen LogP contribution in [-0.4, -0.2) is 22.7 Å². The second-order valence-corrected chi connectivity index (χ2v) is 4.97. The third-order valence-electron chi connectivity index (χ3n) is 2.83. The van der Waals surface area contributed by atoms with Crippen LogP contribution in [0, 0.1) is 0 Å². The maximum Gasteiger partial charge on any atom is 0.189 e. The Morgan fingerprint density at radius 3 is 2.85 bits per heavy atom. The van der Waals surface area contributed by atoms with E-state index in [4.69, 9.17) is 4.74 Å². The Morgan fingerprint density at radius 2 is 2.20 bits per heavy atom. The monoisotopic (exact) mass is 334 g/mol. The molecule has 0 aliphatic heterocycles. The number of hydrogen-bond donors (Lipinski definition) is 0. The van der Waals surface area contributed by atoms with Crippen LogP contribution in [0.15, 0.2) is 41.0 Å². The van der Waals surface area contributed by atoms with Gasteiger partial charge in [-0.1, -0.05) is 12.1 Å². The fourth-order valence-electron chi connectivity index (χ4n) is 1.78. The number of carbonyl (C=O) groups excluding carboxylic acids is 1. The number of ketones is 1. The largest absolute Gasteiger partial charge is 0.496 e. The van der Waals surface area contributed by atoms with E-state index in [2.05, 4.69) is 21.0 Å². The van der Waals surface area contributed by atoms with Crippen LogP contribution in [0.4, 0.5) is 0 Å². The Labute approximate surface area is 126 Å². The highest BCUT2D eigenvalue weighted by molar-refractivity contribution is 9.10. The molecule has 0 saturated carbocycles. The van der Waals surface area contributed by atoms with Crippen LogP contribution >= 0.6 is 15.9 Å². The van der Waals surface area contributed by atoms with Gasteiger partial charge in [-0.3, -0.25) is 9.48 Å². The molecule has 104 valence electrons. The second kappa shape index (κ2) is 6.52. The number of allylic oxidation sites excluding steroid dienone is 1. The lowest BCUT2D eigenvalue weighted by Crippen LogP contribution is -1.98. The normalized spacial score (nSPS) is 10.9. The van der Waals surface area contributed by atoms with Crippen LogP contribution in [0.3, 0.4) is 0 Å². The molecule has 0 aliphatic carbocycles. The van der Waals surface area contributed by atoms with Gasteiger partial charge in [-0.25, -0.2) is 0 Å². The van der Waals surface area contributed by atoms with E-state index in [9.17, 15) is 4.79 Å². The van der Waals surface area contributed by atoms with Gasteiger partial charge in [0.2, 0.25) is 0 Å². The van der Waals surface area contributed by atoms with Crippen LogP contribution in [0.2, 0.25) is 0 Å². The predicted octanol–water partition coefficient (Wildman–Crippen LogP) is 3.57. The average molecular weight is 335 g/mol. The van der Waals surface area contributed by atoms with Crippen molar-refractivity contribution in [3.8, 4) is 5.75 Å². The number of aromatic nitrogens is 2. The van der Waals surface area contributed by atoms with Crippen LogP contribution in [0.5, 0.6) is 5.75 Å². The zero-order chi connectivity index (χ0) is 14.5. The number of carbonyl (C=O) groups is 1. The first-order chi connectivity index (χ1) is 9.65. The van der Waals surface area contributed by atoms with E-state index in [0.717, 1.165) is 16.7 Å². The molecule has 1 aromatic heterocycles. The van der Waals surface area contributed by atoms with Crippen molar-refractivity contribution >= 4 is 27.8 Å². The van der Waals surface area contributed by atoms with E-state index >= 15 is 0 Å². The summed E-state index contributed by atoms with van der Waals surface area (Å²) >= 11 is 3.42. The highest BCUT2D eigenvalue weighted by Crippen LogP contribution is 2.20. The smallest absolute Gasteiger partial charge is 0.189 e. The molecule has 20 heavy (non-hydrogen) atoms. The van der Waals surface area contributed by atoms with Crippen molar-refractivity contribution in [2.45, 2.75) is 13.5 Å². The van der Waals surface area contributed by atoms with Gasteiger partial charge >= 0.3 is 0 Å². The number of ether oxygens (including phenoxy) is 1. The Bertz CT molecular complexity index is 647. The summed E-state index contributed by atoms with van der Waals surface area (Å²) in [7, 11) is 1.55. The predicted molar refractivity (Wildman–Crippen MR) is 82.0 cm³/mol. The summed E-state index contributed by atoms with van der Waals surface area (Å²) < 4.78 is 7.85. The fraction of sp³-hybridized carbons (Fsp3) is 0.200. The molecule has 0 amide bonds. The third kappa shape index (κ3) is 3.17. The van der Waals surface area contributed by atoms with E-state index in [1.807, 2.05) is 25.3 Å². The zero-order valence-corrected chi connectivity index (χ0v) is 12.9. The number of para-hydroxylation sites is 1. The first-order valence-corrected chi connectivity index (χ1v) is 7.03. The minimum absolute atomic E-state index is 0.111. The maximum absolute atomic E-state index is 12.2. The molecule has 0 N–H and O–H groups in total. The summed E-state index contributed by atoms with van der Waals surface area (Å²) in [4.78, 5) is 12.2. The van der Waals surface area contributed by atoms with E-state index in [0.29, 0.717) is 11.3 Å². The fourth-order valence-corrected chi connectivity index (χ4v) is 2.23. The lowest BCUT2D eigenvalue weighted by molar-refractivity contribution is 0.104. The van der Waals surface area contributed by atoms with Gasteiger partial charge in [0.1, 0.15) is 5.75 Å².